The first-order chi connectivity index (χ1) is 17.0. The number of β-lactam (4-membered cyclic amide) rings is 1. The van der Waals surface area contributed by atoms with E-state index in [4.69, 9.17) is 0 Å². The molecule has 0 aromatic heterocycles. The molecule has 0 spiro atoms. The summed E-state index contributed by atoms with van der Waals surface area (Å²) >= 11 is 1.50. The van der Waals surface area contributed by atoms with Gasteiger partial charge in [-0.05, 0) is 33.3 Å². The van der Waals surface area contributed by atoms with Gasteiger partial charge in [0.15, 0.2) is 11.6 Å². The summed E-state index contributed by atoms with van der Waals surface area (Å²) in [6, 6.07) is 6.10. The van der Waals surface area contributed by atoms with Crippen molar-refractivity contribution in [2.75, 3.05) is 19.6 Å². The van der Waals surface area contributed by atoms with Gasteiger partial charge >= 0.3 is 17.8 Å². The van der Waals surface area contributed by atoms with Gasteiger partial charge < -0.3 is 15.1 Å². The van der Waals surface area contributed by atoms with Crippen molar-refractivity contribution < 1.29 is 28.8 Å². The number of benzene rings is 1. The highest BCUT2D eigenvalue weighted by molar-refractivity contribution is 8.01. The second kappa shape index (κ2) is 9.68. The minimum atomic E-state index is -1.10. The van der Waals surface area contributed by atoms with Gasteiger partial charge in [0.1, 0.15) is 12.1 Å². The standard InChI is InChI=1S/C25H30N4O6S/c1-5-27-11-12-28(22(34)21(27)33)24(35)26-18(15-9-7-6-8-10-15)17(31)13-16-20(32)29-19(14(2)30)25(3,4)36-23(16)29/h6-10,16,18-19,23H,5,11-13H2,1-4H3,(H,26,35)/t16-,18?,19+,23-/m1/s1. The van der Waals surface area contributed by atoms with Gasteiger partial charge in [0.25, 0.3) is 0 Å². The van der Waals surface area contributed by atoms with E-state index in [-0.39, 0.29) is 42.4 Å². The number of rotatable bonds is 7. The van der Waals surface area contributed by atoms with Crippen molar-refractivity contribution in [3.8, 4) is 0 Å². The lowest BCUT2D eigenvalue weighted by atomic mass is 9.85. The number of ketones is 2. The minimum Gasteiger partial charge on any atom is -0.333 e. The van der Waals surface area contributed by atoms with Crippen LogP contribution < -0.4 is 5.32 Å². The molecule has 1 aromatic carbocycles. The molecule has 36 heavy (non-hydrogen) atoms. The van der Waals surface area contributed by atoms with E-state index in [1.807, 2.05) is 13.8 Å². The molecule has 0 radical (unpaired) electrons. The van der Waals surface area contributed by atoms with Crippen molar-refractivity contribution in [3.05, 3.63) is 35.9 Å². The summed E-state index contributed by atoms with van der Waals surface area (Å²) in [5.74, 6) is -3.04. The molecule has 5 amide bonds. The average molecular weight is 515 g/mol. The van der Waals surface area contributed by atoms with Crippen LogP contribution in [-0.4, -0.2) is 85.8 Å². The molecule has 3 heterocycles. The minimum absolute atomic E-state index is 0.0241. The van der Waals surface area contributed by atoms with Crippen LogP contribution >= 0.6 is 11.8 Å². The molecule has 3 saturated heterocycles. The Morgan fingerprint density at radius 3 is 2.36 bits per heavy atom. The molecule has 10 nitrogen and oxygen atoms in total. The number of Topliss-reactive ketones (excluding diaryl/α,β-unsaturated/α-hetero) is 2. The van der Waals surface area contributed by atoms with Crippen LogP contribution in [0.15, 0.2) is 30.3 Å². The first kappa shape index (κ1) is 25.9. The summed E-state index contributed by atoms with van der Waals surface area (Å²) in [5.41, 5.74) is 0.506. The first-order valence-electron chi connectivity index (χ1n) is 12.0. The Hall–Kier alpha value is -3.21. The Labute approximate surface area is 213 Å². The van der Waals surface area contributed by atoms with Crippen LogP contribution in [0.3, 0.4) is 0 Å². The summed E-state index contributed by atoms with van der Waals surface area (Å²) in [6.07, 6.45) is -0.121. The lowest BCUT2D eigenvalue weighted by molar-refractivity contribution is -0.158. The Kier molecular flexibility index (Phi) is 6.96. The maximum atomic E-state index is 13.5. The molecule has 4 rings (SSSR count). The molecule has 0 aliphatic carbocycles. The molecule has 11 heteroatoms. The van der Waals surface area contributed by atoms with Crippen molar-refractivity contribution in [1.82, 2.24) is 20.0 Å². The smallest absolute Gasteiger partial charge is 0.325 e. The van der Waals surface area contributed by atoms with Crippen LogP contribution in [0, 0.1) is 5.92 Å². The number of carbonyl (C=O) groups excluding carboxylic acids is 6. The van der Waals surface area contributed by atoms with Gasteiger partial charge in [-0.25, -0.2) is 4.79 Å². The molecule has 3 fully saturated rings. The topological polar surface area (TPSA) is 124 Å². The fourth-order valence-corrected chi connectivity index (χ4v) is 7.00. The number of hydrogen-bond acceptors (Lipinski definition) is 7. The van der Waals surface area contributed by atoms with Crippen molar-refractivity contribution in [2.24, 2.45) is 5.92 Å². The van der Waals surface area contributed by atoms with E-state index in [0.717, 1.165) is 4.90 Å². The van der Waals surface area contributed by atoms with Crippen LogP contribution in [0.2, 0.25) is 0 Å². The molecule has 192 valence electrons. The largest absolute Gasteiger partial charge is 0.333 e. The quantitative estimate of drug-likeness (QED) is 0.430. The van der Waals surface area contributed by atoms with Crippen molar-refractivity contribution in [1.29, 1.82) is 0 Å². The highest BCUT2D eigenvalue weighted by atomic mass is 32.2. The highest BCUT2D eigenvalue weighted by Gasteiger charge is 2.62. The lowest BCUT2D eigenvalue weighted by Gasteiger charge is -2.44. The van der Waals surface area contributed by atoms with Gasteiger partial charge in [0, 0.05) is 30.8 Å². The van der Waals surface area contributed by atoms with E-state index in [9.17, 15) is 28.8 Å². The predicted octanol–water partition coefficient (Wildman–Crippen LogP) is 1.35. The van der Waals surface area contributed by atoms with Gasteiger partial charge in [0.2, 0.25) is 5.91 Å². The number of piperazine rings is 1. The molecule has 0 saturated carbocycles. The van der Waals surface area contributed by atoms with E-state index in [2.05, 4.69) is 5.32 Å². The fourth-order valence-electron chi connectivity index (χ4n) is 5.25. The number of imide groups is 1. The third-order valence-electron chi connectivity index (χ3n) is 7.02. The molecule has 3 aliphatic rings. The number of hydrogen-bond donors (Lipinski definition) is 1. The van der Waals surface area contributed by atoms with Crippen LogP contribution in [0.1, 0.15) is 45.7 Å². The van der Waals surface area contributed by atoms with Crippen molar-refractivity contribution in [2.45, 2.75) is 56.3 Å². The summed E-state index contributed by atoms with van der Waals surface area (Å²) in [7, 11) is 0. The van der Waals surface area contributed by atoms with Crippen LogP contribution in [0.4, 0.5) is 4.79 Å². The summed E-state index contributed by atoms with van der Waals surface area (Å²) in [5, 5.41) is 2.33. The molecule has 1 N–H and O–H groups in total. The van der Waals surface area contributed by atoms with Crippen molar-refractivity contribution in [3.63, 3.8) is 0 Å². The van der Waals surface area contributed by atoms with Crippen LogP contribution in [0.5, 0.6) is 0 Å². The van der Waals surface area contributed by atoms with Gasteiger partial charge in [-0.2, -0.15) is 0 Å². The predicted molar refractivity (Wildman–Crippen MR) is 132 cm³/mol. The van der Waals surface area contributed by atoms with Crippen molar-refractivity contribution >= 4 is 47.1 Å². The third-order valence-corrected chi connectivity index (χ3v) is 8.64. The van der Waals surface area contributed by atoms with E-state index in [1.54, 1.807) is 42.2 Å². The molecule has 4 atom stereocenters. The molecule has 1 unspecified atom stereocenters. The zero-order valence-corrected chi connectivity index (χ0v) is 21.5. The van der Waals surface area contributed by atoms with Gasteiger partial charge in [-0.15, -0.1) is 11.8 Å². The average Bonchev–Trinajstić information content (AvgIpc) is 3.10. The fraction of sp³-hybridized carbons (Fsp3) is 0.520. The second-order valence-corrected chi connectivity index (χ2v) is 11.6. The number of thioether (sulfide) groups is 1. The van der Waals surface area contributed by atoms with E-state index < -0.39 is 40.6 Å². The summed E-state index contributed by atoms with van der Waals surface area (Å²) in [4.78, 5) is 80.1. The Morgan fingerprint density at radius 2 is 1.75 bits per heavy atom. The van der Waals surface area contributed by atoms with Crippen LogP contribution in [0.25, 0.3) is 0 Å². The maximum Gasteiger partial charge on any atom is 0.325 e. The maximum absolute atomic E-state index is 13.5. The van der Waals surface area contributed by atoms with E-state index in [0.29, 0.717) is 12.1 Å². The number of urea groups is 1. The zero-order valence-electron chi connectivity index (χ0n) is 20.7. The second-order valence-electron chi connectivity index (χ2n) is 9.78. The number of nitrogens with zero attached hydrogens (tertiary/aromatic N) is 3. The lowest BCUT2D eigenvalue weighted by Crippen LogP contribution is -2.63. The molecule has 0 bridgehead atoms. The monoisotopic (exact) mass is 514 g/mol. The Bertz CT molecular complexity index is 1120. The molecule has 3 aliphatic heterocycles. The number of likely N-dealkylation sites (N-methyl/N-ethyl adjacent to an activating group) is 1. The van der Waals surface area contributed by atoms with Gasteiger partial charge in [0.05, 0.1) is 11.3 Å². The first-order valence-corrected chi connectivity index (χ1v) is 12.8. The number of amides is 5. The Morgan fingerprint density at radius 1 is 1.08 bits per heavy atom. The number of fused-ring (bicyclic) bond motifs is 1. The SMILES string of the molecule is CCN1CCN(C(=O)NC(C(=O)C[C@@H]2C(=O)N3[C@@H]2SC(C)(C)[C@@H]3C(C)=O)c2ccccc2)C(=O)C1=O. The molecular formula is C25H30N4O6S. The summed E-state index contributed by atoms with van der Waals surface area (Å²) < 4.78 is -0.468. The number of nitrogens with one attached hydrogen (secondary N) is 1. The van der Waals surface area contributed by atoms with Gasteiger partial charge in [-0.3, -0.25) is 28.9 Å². The van der Waals surface area contributed by atoms with E-state index >= 15 is 0 Å². The normalized spacial score (nSPS) is 25.8. The van der Waals surface area contributed by atoms with E-state index in [1.165, 1.54) is 23.6 Å². The van der Waals surface area contributed by atoms with Crippen LogP contribution in [-0.2, 0) is 24.0 Å². The third kappa shape index (κ3) is 4.40. The highest BCUT2D eigenvalue weighted by Crippen LogP contribution is 2.54. The Balaban J connectivity index is 1.51. The molecule has 1 aromatic rings. The number of carbonyl (C=O) groups is 6. The molecular weight excluding hydrogens is 484 g/mol. The van der Waals surface area contributed by atoms with Gasteiger partial charge in [-0.1, -0.05) is 30.3 Å². The zero-order chi connectivity index (χ0) is 26.4. The summed E-state index contributed by atoms with van der Waals surface area (Å²) in [6.45, 7) is 7.64.